The van der Waals surface area contributed by atoms with E-state index < -0.39 is 15.6 Å². The summed E-state index contributed by atoms with van der Waals surface area (Å²) in [6.45, 7) is 4.20. The van der Waals surface area contributed by atoms with Crippen molar-refractivity contribution < 1.29 is 13.5 Å². The van der Waals surface area contributed by atoms with Crippen LogP contribution >= 0.6 is 0 Å². The van der Waals surface area contributed by atoms with Gasteiger partial charge in [-0.3, -0.25) is 0 Å². The standard InChI is InChI=1S/C7H18N2O3S/c1-3-7(2,10)6-9-4-5-13(8,11)12/h9-10H,3-6H2,1-2H3,(H2,8,11,12). The molecule has 80 valence electrons. The Labute approximate surface area is 79.4 Å². The summed E-state index contributed by atoms with van der Waals surface area (Å²) in [5, 5.41) is 17.1. The van der Waals surface area contributed by atoms with Gasteiger partial charge in [-0.2, -0.15) is 0 Å². The Morgan fingerprint density at radius 1 is 1.54 bits per heavy atom. The molecule has 0 bridgehead atoms. The predicted octanol–water partition coefficient (Wildman–Crippen LogP) is -0.974. The lowest BCUT2D eigenvalue weighted by Crippen LogP contribution is -2.39. The fraction of sp³-hybridized carbons (Fsp3) is 1.00. The van der Waals surface area contributed by atoms with E-state index in [4.69, 9.17) is 5.14 Å². The Morgan fingerprint density at radius 3 is 2.46 bits per heavy atom. The van der Waals surface area contributed by atoms with Gasteiger partial charge in [-0.1, -0.05) is 6.92 Å². The van der Waals surface area contributed by atoms with Crippen molar-refractivity contribution in [3.05, 3.63) is 0 Å². The van der Waals surface area contributed by atoms with Crippen LogP contribution in [0.1, 0.15) is 20.3 Å². The van der Waals surface area contributed by atoms with Crippen LogP contribution in [0.3, 0.4) is 0 Å². The van der Waals surface area contributed by atoms with Gasteiger partial charge in [0, 0.05) is 13.1 Å². The van der Waals surface area contributed by atoms with E-state index in [1.165, 1.54) is 0 Å². The number of aliphatic hydroxyl groups is 1. The van der Waals surface area contributed by atoms with Crippen LogP contribution < -0.4 is 10.5 Å². The smallest absolute Gasteiger partial charge is 0.210 e. The summed E-state index contributed by atoms with van der Waals surface area (Å²) >= 11 is 0. The molecule has 6 heteroatoms. The summed E-state index contributed by atoms with van der Waals surface area (Å²) in [5.41, 5.74) is -0.779. The van der Waals surface area contributed by atoms with Crippen molar-refractivity contribution in [1.29, 1.82) is 0 Å². The molecule has 0 aliphatic rings. The first-order valence-electron chi connectivity index (χ1n) is 4.20. The molecule has 0 saturated carbocycles. The van der Waals surface area contributed by atoms with E-state index in [0.717, 1.165) is 0 Å². The lowest BCUT2D eigenvalue weighted by Gasteiger charge is -2.21. The molecule has 0 amide bonds. The average molecular weight is 210 g/mol. The normalized spacial score (nSPS) is 16.9. The molecule has 0 radical (unpaired) electrons. The first kappa shape index (κ1) is 12.8. The van der Waals surface area contributed by atoms with Crippen LogP contribution in [0.4, 0.5) is 0 Å². The molecule has 0 spiro atoms. The second-order valence-corrected chi connectivity index (χ2v) is 5.13. The highest BCUT2D eigenvalue weighted by atomic mass is 32.2. The monoisotopic (exact) mass is 210 g/mol. The van der Waals surface area contributed by atoms with Gasteiger partial charge >= 0.3 is 0 Å². The lowest BCUT2D eigenvalue weighted by atomic mass is 10.0. The molecule has 0 aromatic heterocycles. The minimum atomic E-state index is -3.39. The summed E-state index contributed by atoms with van der Waals surface area (Å²) in [5.74, 6) is -0.104. The lowest BCUT2D eigenvalue weighted by molar-refractivity contribution is 0.0565. The van der Waals surface area contributed by atoms with E-state index in [9.17, 15) is 13.5 Å². The molecule has 13 heavy (non-hydrogen) atoms. The summed E-state index contributed by atoms with van der Waals surface area (Å²) in [6, 6.07) is 0. The molecule has 0 rings (SSSR count). The fourth-order valence-corrected chi connectivity index (χ4v) is 1.13. The van der Waals surface area contributed by atoms with Crippen LogP contribution in [0.2, 0.25) is 0 Å². The van der Waals surface area contributed by atoms with Gasteiger partial charge in [-0.05, 0) is 13.3 Å². The topological polar surface area (TPSA) is 92.4 Å². The summed E-state index contributed by atoms with van der Waals surface area (Å²) in [6.07, 6.45) is 0.620. The van der Waals surface area contributed by atoms with Gasteiger partial charge in [-0.15, -0.1) is 0 Å². The molecule has 5 nitrogen and oxygen atoms in total. The third kappa shape index (κ3) is 8.17. The highest BCUT2D eigenvalue weighted by molar-refractivity contribution is 7.89. The molecule has 1 atom stereocenters. The number of hydrogen-bond donors (Lipinski definition) is 3. The molecule has 0 heterocycles. The van der Waals surface area contributed by atoms with Crippen molar-refractivity contribution in [3.63, 3.8) is 0 Å². The second-order valence-electron chi connectivity index (χ2n) is 3.39. The number of primary sulfonamides is 1. The molecule has 1 unspecified atom stereocenters. The number of rotatable bonds is 6. The van der Waals surface area contributed by atoms with E-state index in [1.807, 2.05) is 6.92 Å². The van der Waals surface area contributed by atoms with Gasteiger partial charge in [0.25, 0.3) is 0 Å². The van der Waals surface area contributed by atoms with Crippen molar-refractivity contribution >= 4 is 10.0 Å². The van der Waals surface area contributed by atoms with Crippen molar-refractivity contribution in [1.82, 2.24) is 5.32 Å². The number of sulfonamides is 1. The van der Waals surface area contributed by atoms with Crippen LogP contribution in [0.15, 0.2) is 0 Å². The zero-order chi connectivity index (χ0) is 10.5. The van der Waals surface area contributed by atoms with E-state index in [0.29, 0.717) is 13.0 Å². The molecule has 0 fully saturated rings. The molecular weight excluding hydrogens is 192 g/mol. The Morgan fingerprint density at radius 2 is 2.08 bits per heavy atom. The third-order valence-corrected chi connectivity index (χ3v) is 2.60. The quantitative estimate of drug-likeness (QED) is 0.492. The minimum Gasteiger partial charge on any atom is -0.389 e. The molecular formula is C7H18N2O3S. The predicted molar refractivity (Wildman–Crippen MR) is 51.8 cm³/mol. The van der Waals surface area contributed by atoms with Crippen LogP contribution in [0, 0.1) is 0 Å². The SMILES string of the molecule is CCC(C)(O)CNCCS(N)(=O)=O. The maximum absolute atomic E-state index is 10.5. The summed E-state index contributed by atoms with van der Waals surface area (Å²) < 4.78 is 21.0. The van der Waals surface area contributed by atoms with Gasteiger partial charge in [0.2, 0.25) is 10.0 Å². The zero-order valence-corrected chi connectivity index (χ0v) is 8.89. The van der Waals surface area contributed by atoms with Crippen LogP contribution in [-0.2, 0) is 10.0 Å². The highest BCUT2D eigenvalue weighted by Crippen LogP contribution is 2.05. The summed E-state index contributed by atoms with van der Waals surface area (Å²) in [4.78, 5) is 0. The van der Waals surface area contributed by atoms with E-state index in [1.54, 1.807) is 6.92 Å². The molecule has 0 aliphatic carbocycles. The van der Waals surface area contributed by atoms with Gasteiger partial charge in [0.15, 0.2) is 0 Å². The third-order valence-electron chi connectivity index (χ3n) is 1.83. The largest absolute Gasteiger partial charge is 0.389 e. The van der Waals surface area contributed by atoms with Gasteiger partial charge in [0.1, 0.15) is 0 Å². The maximum Gasteiger partial charge on any atom is 0.210 e. The number of nitrogens with two attached hydrogens (primary N) is 1. The maximum atomic E-state index is 10.5. The Kier molecular flexibility index (Phi) is 4.83. The van der Waals surface area contributed by atoms with Crippen molar-refractivity contribution in [2.45, 2.75) is 25.9 Å². The Hall–Kier alpha value is -0.170. The van der Waals surface area contributed by atoms with Crippen LogP contribution in [-0.4, -0.2) is 38.0 Å². The fourth-order valence-electron chi connectivity index (χ4n) is 0.697. The van der Waals surface area contributed by atoms with E-state index in [-0.39, 0.29) is 12.3 Å². The van der Waals surface area contributed by atoms with Crippen molar-refractivity contribution in [2.75, 3.05) is 18.8 Å². The van der Waals surface area contributed by atoms with E-state index >= 15 is 0 Å². The van der Waals surface area contributed by atoms with Crippen molar-refractivity contribution in [3.8, 4) is 0 Å². The number of nitrogens with one attached hydrogen (secondary N) is 1. The molecule has 4 N–H and O–H groups in total. The molecule has 0 aromatic carbocycles. The van der Waals surface area contributed by atoms with Crippen LogP contribution in [0.5, 0.6) is 0 Å². The minimum absolute atomic E-state index is 0.104. The molecule has 0 aliphatic heterocycles. The molecule has 0 saturated heterocycles. The zero-order valence-electron chi connectivity index (χ0n) is 8.08. The Balaban J connectivity index is 3.58. The highest BCUT2D eigenvalue weighted by Gasteiger charge is 2.16. The number of hydrogen-bond acceptors (Lipinski definition) is 4. The second kappa shape index (κ2) is 4.90. The average Bonchev–Trinajstić information content (AvgIpc) is 1.97. The van der Waals surface area contributed by atoms with Gasteiger partial charge < -0.3 is 10.4 Å². The first-order chi connectivity index (χ1) is 5.77. The first-order valence-corrected chi connectivity index (χ1v) is 5.92. The van der Waals surface area contributed by atoms with E-state index in [2.05, 4.69) is 5.32 Å². The van der Waals surface area contributed by atoms with Gasteiger partial charge in [0.05, 0.1) is 11.4 Å². The summed E-state index contributed by atoms with van der Waals surface area (Å²) in [7, 11) is -3.39. The van der Waals surface area contributed by atoms with Crippen molar-refractivity contribution in [2.24, 2.45) is 5.14 Å². The Bertz CT molecular complexity index is 236. The van der Waals surface area contributed by atoms with Gasteiger partial charge in [-0.25, -0.2) is 13.6 Å². The molecule has 0 aromatic rings. The van der Waals surface area contributed by atoms with Crippen LogP contribution in [0.25, 0.3) is 0 Å².